The van der Waals surface area contributed by atoms with E-state index in [4.69, 9.17) is 0 Å². The summed E-state index contributed by atoms with van der Waals surface area (Å²) in [4.78, 5) is 14.3. The minimum atomic E-state index is 0.181. The highest BCUT2D eigenvalue weighted by atomic mass is 16.1. The Hall–Kier alpha value is -0.610. The SMILES string of the molecule is CCC(C)NC(=O)CCNC1CCN2CCCC2C1. The molecule has 110 valence electrons. The van der Waals surface area contributed by atoms with Gasteiger partial charge in [0.05, 0.1) is 0 Å². The van der Waals surface area contributed by atoms with E-state index in [1.807, 2.05) is 0 Å². The molecule has 2 aliphatic heterocycles. The van der Waals surface area contributed by atoms with E-state index in [0.29, 0.717) is 18.5 Å². The minimum Gasteiger partial charge on any atom is -0.354 e. The van der Waals surface area contributed by atoms with Gasteiger partial charge in [-0.25, -0.2) is 0 Å². The van der Waals surface area contributed by atoms with Crippen LogP contribution in [0.25, 0.3) is 0 Å². The molecule has 2 aliphatic rings. The first-order valence-electron chi connectivity index (χ1n) is 7.95. The molecule has 2 rings (SSSR count). The number of nitrogens with zero attached hydrogens (tertiary/aromatic N) is 1. The number of nitrogens with one attached hydrogen (secondary N) is 2. The van der Waals surface area contributed by atoms with Gasteiger partial charge in [-0.2, -0.15) is 0 Å². The van der Waals surface area contributed by atoms with Gasteiger partial charge in [-0.3, -0.25) is 4.79 Å². The molecule has 4 heteroatoms. The maximum absolute atomic E-state index is 11.7. The third-order valence-electron chi connectivity index (χ3n) is 4.63. The molecule has 1 amide bonds. The molecular formula is C15H29N3O. The van der Waals surface area contributed by atoms with E-state index in [1.54, 1.807) is 0 Å². The largest absolute Gasteiger partial charge is 0.354 e. The molecule has 0 bridgehead atoms. The van der Waals surface area contributed by atoms with Crippen molar-refractivity contribution >= 4 is 5.91 Å². The van der Waals surface area contributed by atoms with Crippen LogP contribution < -0.4 is 10.6 Å². The van der Waals surface area contributed by atoms with E-state index in [-0.39, 0.29) is 5.91 Å². The van der Waals surface area contributed by atoms with Crippen LogP contribution in [0.5, 0.6) is 0 Å². The number of fused-ring (bicyclic) bond motifs is 1. The Labute approximate surface area is 117 Å². The zero-order valence-electron chi connectivity index (χ0n) is 12.5. The molecule has 2 N–H and O–H groups in total. The van der Waals surface area contributed by atoms with Crippen LogP contribution in [0, 0.1) is 0 Å². The monoisotopic (exact) mass is 267 g/mol. The summed E-state index contributed by atoms with van der Waals surface area (Å²) in [5, 5.41) is 6.59. The fourth-order valence-corrected chi connectivity index (χ4v) is 3.25. The van der Waals surface area contributed by atoms with Crippen LogP contribution in [0.2, 0.25) is 0 Å². The lowest BCUT2D eigenvalue weighted by atomic mass is 9.97. The van der Waals surface area contributed by atoms with Gasteiger partial charge in [-0.15, -0.1) is 0 Å². The van der Waals surface area contributed by atoms with Gasteiger partial charge in [0.15, 0.2) is 0 Å². The lowest BCUT2D eigenvalue weighted by Gasteiger charge is -2.35. The van der Waals surface area contributed by atoms with Crippen molar-refractivity contribution in [3.05, 3.63) is 0 Å². The molecule has 0 aliphatic carbocycles. The fraction of sp³-hybridized carbons (Fsp3) is 0.933. The molecule has 4 nitrogen and oxygen atoms in total. The zero-order chi connectivity index (χ0) is 13.7. The highest BCUT2D eigenvalue weighted by Gasteiger charge is 2.31. The maximum Gasteiger partial charge on any atom is 0.221 e. The molecule has 0 spiro atoms. The van der Waals surface area contributed by atoms with Crippen molar-refractivity contribution in [3.63, 3.8) is 0 Å². The Morgan fingerprint density at radius 2 is 2.21 bits per heavy atom. The lowest BCUT2D eigenvalue weighted by molar-refractivity contribution is -0.121. The summed E-state index contributed by atoms with van der Waals surface area (Å²) in [6.45, 7) is 7.51. The van der Waals surface area contributed by atoms with Gasteiger partial charge in [-0.1, -0.05) is 6.92 Å². The highest BCUT2D eigenvalue weighted by molar-refractivity contribution is 5.76. The first-order chi connectivity index (χ1) is 9.19. The molecule has 0 aromatic rings. The third-order valence-corrected chi connectivity index (χ3v) is 4.63. The van der Waals surface area contributed by atoms with Crippen LogP contribution in [0.15, 0.2) is 0 Å². The number of piperidine rings is 1. The zero-order valence-corrected chi connectivity index (χ0v) is 12.5. The smallest absolute Gasteiger partial charge is 0.221 e. The summed E-state index contributed by atoms with van der Waals surface area (Å²) >= 11 is 0. The first-order valence-corrected chi connectivity index (χ1v) is 7.95. The average Bonchev–Trinajstić information content (AvgIpc) is 2.86. The number of hydrogen-bond donors (Lipinski definition) is 2. The molecule has 2 saturated heterocycles. The number of rotatable bonds is 6. The van der Waals surface area contributed by atoms with Crippen LogP contribution in [0.3, 0.4) is 0 Å². The quantitative estimate of drug-likeness (QED) is 0.767. The summed E-state index contributed by atoms with van der Waals surface area (Å²) in [5.41, 5.74) is 0. The van der Waals surface area contributed by atoms with E-state index in [9.17, 15) is 4.79 Å². The third kappa shape index (κ3) is 4.46. The van der Waals surface area contributed by atoms with Crippen molar-refractivity contribution in [1.29, 1.82) is 0 Å². The number of carbonyl (C=O) groups is 1. The summed E-state index contributed by atoms with van der Waals surface area (Å²) in [5.74, 6) is 0.181. The second-order valence-corrected chi connectivity index (χ2v) is 6.13. The van der Waals surface area contributed by atoms with E-state index >= 15 is 0 Å². The van der Waals surface area contributed by atoms with E-state index in [2.05, 4.69) is 29.4 Å². The highest BCUT2D eigenvalue weighted by Crippen LogP contribution is 2.26. The predicted octanol–water partition coefficient (Wildman–Crippen LogP) is 1.51. The fourth-order valence-electron chi connectivity index (χ4n) is 3.25. The van der Waals surface area contributed by atoms with Gasteiger partial charge >= 0.3 is 0 Å². The lowest BCUT2D eigenvalue weighted by Crippen LogP contribution is -2.46. The van der Waals surface area contributed by atoms with Crippen LogP contribution in [-0.4, -0.2) is 48.6 Å². The summed E-state index contributed by atoms with van der Waals surface area (Å²) < 4.78 is 0. The van der Waals surface area contributed by atoms with Crippen LogP contribution in [-0.2, 0) is 4.79 Å². The standard InChI is InChI=1S/C15H29N3O/c1-3-12(2)17-15(19)6-8-16-13-7-10-18-9-4-5-14(18)11-13/h12-14,16H,3-11H2,1-2H3,(H,17,19). The van der Waals surface area contributed by atoms with Gasteiger partial charge in [-0.05, 0) is 52.1 Å². The predicted molar refractivity (Wildman–Crippen MR) is 78.1 cm³/mol. The molecular weight excluding hydrogens is 238 g/mol. The molecule has 2 heterocycles. The minimum absolute atomic E-state index is 0.181. The number of carbonyl (C=O) groups excluding carboxylic acids is 1. The molecule has 19 heavy (non-hydrogen) atoms. The molecule has 3 unspecified atom stereocenters. The Morgan fingerprint density at radius 3 is 3.00 bits per heavy atom. The van der Waals surface area contributed by atoms with Gasteiger partial charge in [0.2, 0.25) is 5.91 Å². The molecule has 0 radical (unpaired) electrons. The van der Waals surface area contributed by atoms with Gasteiger partial charge < -0.3 is 15.5 Å². The van der Waals surface area contributed by atoms with Crippen LogP contribution in [0.1, 0.15) is 52.4 Å². The van der Waals surface area contributed by atoms with Crippen molar-refractivity contribution in [2.45, 2.75) is 70.5 Å². The Bertz CT molecular complexity index is 295. The summed E-state index contributed by atoms with van der Waals surface area (Å²) in [6.07, 6.45) is 6.85. The topological polar surface area (TPSA) is 44.4 Å². The molecule has 3 atom stereocenters. The van der Waals surface area contributed by atoms with E-state index in [0.717, 1.165) is 19.0 Å². The van der Waals surface area contributed by atoms with E-state index < -0.39 is 0 Å². The molecule has 0 saturated carbocycles. The molecule has 2 fully saturated rings. The number of amides is 1. The van der Waals surface area contributed by atoms with Crippen molar-refractivity contribution in [1.82, 2.24) is 15.5 Å². The van der Waals surface area contributed by atoms with Crippen LogP contribution in [0.4, 0.5) is 0 Å². The maximum atomic E-state index is 11.7. The summed E-state index contributed by atoms with van der Waals surface area (Å²) in [6, 6.07) is 1.73. The number of hydrogen-bond acceptors (Lipinski definition) is 3. The van der Waals surface area contributed by atoms with Crippen LogP contribution >= 0.6 is 0 Å². The van der Waals surface area contributed by atoms with E-state index in [1.165, 1.54) is 38.8 Å². The Morgan fingerprint density at radius 1 is 1.37 bits per heavy atom. The molecule has 0 aromatic heterocycles. The molecule has 0 aromatic carbocycles. The van der Waals surface area contributed by atoms with Gasteiger partial charge in [0.25, 0.3) is 0 Å². The summed E-state index contributed by atoms with van der Waals surface area (Å²) in [7, 11) is 0. The normalized spacial score (nSPS) is 28.9. The first kappa shape index (κ1) is 14.8. The van der Waals surface area contributed by atoms with Crippen molar-refractivity contribution in [2.24, 2.45) is 0 Å². The Balaban J connectivity index is 1.59. The Kier molecular flexibility index (Phi) is 5.64. The van der Waals surface area contributed by atoms with Gasteiger partial charge in [0, 0.05) is 31.1 Å². The second-order valence-electron chi connectivity index (χ2n) is 6.13. The van der Waals surface area contributed by atoms with Crippen molar-refractivity contribution in [3.8, 4) is 0 Å². The average molecular weight is 267 g/mol. The van der Waals surface area contributed by atoms with Gasteiger partial charge in [0.1, 0.15) is 0 Å². The van der Waals surface area contributed by atoms with Crippen molar-refractivity contribution in [2.75, 3.05) is 19.6 Å². The van der Waals surface area contributed by atoms with Crippen molar-refractivity contribution < 1.29 is 4.79 Å². The second kappa shape index (κ2) is 7.25.